The van der Waals surface area contributed by atoms with E-state index < -0.39 is 11.5 Å². The number of H-pyrrole nitrogens is 1. The van der Waals surface area contributed by atoms with E-state index in [9.17, 15) is 14.4 Å². The Morgan fingerprint density at radius 1 is 0.967 bits per heavy atom. The Labute approximate surface area is 175 Å². The molecule has 30 heavy (non-hydrogen) atoms. The average Bonchev–Trinajstić information content (AvgIpc) is 2.70. The standard InChI is InChI=1S/C25H24N2O3/c1-14-9-15(2)23(16(3)10-14)27-25(30)20-13-19-21(26-24(20)29)11-18(12-22(19)28)17-7-5-4-6-8-17/h4-10,13,18H,11-12H2,1-3H3,(H,26,29)(H,27,30). The van der Waals surface area contributed by atoms with Crippen molar-refractivity contribution >= 4 is 17.4 Å². The van der Waals surface area contributed by atoms with Gasteiger partial charge in [0.2, 0.25) is 0 Å². The number of hydrogen-bond acceptors (Lipinski definition) is 3. The van der Waals surface area contributed by atoms with Crippen molar-refractivity contribution in [2.45, 2.75) is 39.5 Å². The SMILES string of the molecule is Cc1cc(C)c(NC(=O)c2cc3c([nH]c2=O)CC(c2ccccc2)CC3=O)c(C)c1. The summed E-state index contributed by atoms with van der Waals surface area (Å²) in [6, 6.07) is 15.2. The van der Waals surface area contributed by atoms with Gasteiger partial charge >= 0.3 is 0 Å². The number of aromatic amines is 1. The number of hydrogen-bond donors (Lipinski definition) is 2. The molecule has 1 amide bonds. The minimum Gasteiger partial charge on any atom is -0.325 e. The van der Waals surface area contributed by atoms with E-state index in [1.807, 2.05) is 63.2 Å². The lowest BCUT2D eigenvalue weighted by atomic mass is 9.81. The van der Waals surface area contributed by atoms with E-state index in [0.717, 1.165) is 22.3 Å². The van der Waals surface area contributed by atoms with Crippen LogP contribution < -0.4 is 10.9 Å². The third kappa shape index (κ3) is 3.71. The van der Waals surface area contributed by atoms with Crippen LogP contribution in [0, 0.1) is 20.8 Å². The highest BCUT2D eigenvalue weighted by atomic mass is 16.2. The molecule has 0 saturated carbocycles. The molecule has 4 rings (SSSR count). The molecular formula is C25H24N2O3. The van der Waals surface area contributed by atoms with Crippen molar-refractivity contribution in [1.29, 1.82) is 0 Å². The summed E-state index contributed by atoms with van der Waals surface area (Å²) >= 11 is 0. The van der Waals surface area contributed by atoms with Crippen LogP contribution in [0.3, 0.4) is 0 Å². The molecule has 1 atom stereocenters. The second-order valence-electron chi connectivity index (χ2n) is 8.07. The number of amides is 1. The maximum absolute atomic E-state index is 12.9. The van der Waals surface area contributed by atoms with Crippen LogP contribution in [-0.2, 0) is 6.42 Å². The first-order chi connectivity index (χ1) is 14.3. The number of ketones is 1. The molecule has 0 bridgehead atoms. The third-order valence-corrected chi connectivity index (χ3v) is 5.74. The number of anilines is 1. The molecule has 2 aromatic carbocycles. The molecule has 1 aromatic heterocycles. The Kier molecular flexibility index (Phi) is 5.12. The fourth-order valence-electron chi connectivity index (χ4n) is 4.32. The van der Waals surface area contributed by atoms with Gasteiger partial charge in [-0.25, -0.2) is 0 Å². The van der Waals surface area contributed by atoms with Crippen LogP contribution in [0.15, 0.2) is 53.3 Å². The largest absolute Gasteiger partial charge is 0.325 e. The van der Waals surface area contributed by atoms with E-state index in [2.05, 4.69) is 10.3 Å². The van der Waals surface area contributed by atoms with Gasteiger partial charge in [0.25, 0.3) is 11.5 Å². The Morgan fingerprint density at radius 3 is 2.30 bits per heavy atom. The minimum absolute atomic E-state index is 0.0272. The maximum Gasteiger partial charge on any atom is 0.261 e. The van der Waals surface area contributed by atoms with Gasteiger partial charge in [-0.1, -0.05) is 48.0 Å². The predicted molar refractivity (Wildman–Crippen MR) is 118 cm³/mol. The second-order valence-corrected chi connectivity index (χ2v) is 8.07. The Bertz CT molecular complexity index is 1190. The molecule has 5 heteroatoms. The summed E-state index contributed by atoms with van der Waals surface area (Å²) in [5, 5.41) is 2.85. The van der Waals surface area contributed by atoms with Crippen molar-refractivity contribution in [2.24, 2.45) is 0 Å². The summed E-state index contributed by atoms with van der Waals surface area (Å²) in [6.45, 7) is 5.83. The van der Waals surface area contributed by atoms with E-state index in [1.165, 1.54) is 6.07 Å². The van der Waals surface area contributed by atoms with Gasteiger partial charge in [0.15, 0.2) is 5.78 Å². The normalized spacial score (nSPS) is 15.6. The topological polar surface area (TPSA) is 79.0 Å². The van der Waals surface area contributed by atoms with E-state index in [1.54, 1.807) is 0 Å². The van der Waals surface area contributed by atoms with Crippen molar-refractivity contribution in [1.82, 2.24) is 4.98 Å². The van der Waals surface area contributed by atoms with Crippen molar-refractivity contribution in [3.63, 3.8) is 0 Å². The van der Waals surface area contributed by atoms with E-state index in [0.29, 0.717) is 29.8 Å². The van der Waals surface area contributed by atoms with Gasteiger partial charge in [-0.2, -0.15) is 0 Å². The number of Topliss-reactive ketones (excluding diaryl/α,β-unsaturated/α-hetero) is 1. The quantitative estimate of drug-likeness (QED) is 0.681. The Balaban J connectivity index is 1.65. The van der Waals surface area contributed by atoms with Crippen molar-refractivity contribution in [2.75, 3.05) is 5.32 Å². The number of rotatable bonds is 3. The first kappa shape index (κ1) is 19.8. The number of carbonyl (C=O) groups is 2. The van der Waals surface area contributed by atoms with Crippen LogP contribution in [0.1, 0.15) is 61.0 Å². The van der Waals surface area contributed by atoms with Crippen LogP contribution >= 0.6 is 0 Å². The second kappa shape index (κ2) is 7.75. The van der Waals surface area contributed by atoms with E-state index in [-0.39, 0.29) is 17.3 Å². The molecule has 1 aliphatic rings. The number of nitrogens with one attached hydrogen (secondary N) is 2. The molecule has 2 N–H and O–H groups in total. The van der Waals surface area contributed by atoms with Crippen LogP contribution in [0.25, 0.3) is 0 Å². The van der Waals surface area contributed by atoms with Crippen LogP contribution in [0.4, 0.5) is 5.69 Å². The molecule has 0 aliphatic heterocycles. The zero-order valence-electron chi connectivity index (χ0n) is 17.3. The number of aryl methyl sites for hydroxylation is 3. The van der Waals surface area contributed by atoms with Gasteiger partial charge in [-0.3, -0.25) is 14.4 Å². The molecule has 152 valence electrons. The van der Waals surface area contributed by atoms with Gasteiger partial charge in [0, 0.05) is 23.4 Å². The molecule has 1 aliphatic carbocycles. The molecule has 3 aromatic rings. The molecule has 0 saturated heterocycles. The summed E-state index contributed by atoms with van der Waals surface area (Å²) in [7, 11) is 0. The zero-order valence-corrected chi connectivity index (χ0v) is 17.3. The smallest absolute Gasteiger partial charge is 0.261 e. The van der Waals surface area contributed by atoms with Gasteiger partial charge in [0.1, 0.15) is 5.56 Å². The summed E-state index contributed by atoms with van der Waals surface area (Å²) in [4.78, 5) is 41.1. The Hall–Kier alpha value is -3.47. The number of fused-ring (bicyclic) bond motifs is 1. The van der Waals surface area contributed by atoms with Crippen molar-refractivity contribution < 1.29 is 9.59 Å². The van der Waals surface area contributed by atoms with Gasteiger partial charge in [0.05, 0.1) is 0 Å². The monoisotopic (exact) mass is 400 g/mol. The maximum atomic E-state index is 12.9. The van der Waals surface area contributed by atoms with Crippen LogP contribution in [0.5, 0.6) is 0 Å². The fraction of sp³-hybridized carbons (Fsp3) is 0.240. The number of pyridine rings is 1. The number of aromatic nitrogens is 1. The fourth-order valence-corrected chi connectivity index (χ4v) is 4.32. The van der Waals surface area contributed by atoms with Crippen molar-refractivity contribution in [3.05, 3.63) is 98.0 Å². The van der Waals surface area contributed by atoms with Gasteiger partial charge in [-0.05, 0) is 55.9 Å². The van der Waals surface area contributed by atoms with Crippen LogP contribution in [0.2, 0.25) is 0 Å². The highest BCUT2D eigenvalue weighted by molar-refractivity contribution is 6.07. The number of carbonyl (C=O) groups excluding carboxylic acids is 2. The minimum atomic E-state index is -0.507. The molecule has 5 nitrogen and oxygen atoms in total. The lowest BCUT2D eigenvalue weighted by Crippen LogP contribution is -2.29. The molecular weight excluding hydrogens is 376 g/mol. The first-order valence-electron chi connectivity index (χ1n) is 10.1. The summed E-state index contributed by atoms with van der Waals surface area (Å²) < 4.78 is 0. The van der Waals surface area contributed by atoms with E-state index >= 15 is 0 Å². The summed E-state index contributed by atoms with van der Waals surface area (Å²) in [6.07, 6.45) is 0.929. The lowest BCUT2D eigenvalue weighted by molar-refractivity contribution is 0.0963. The summed E-state index contributed by atoms with van der Waals surface area (Å²) in [5.74, 6) is -0.537. The van der Waals surface area contributed by atoms with Gasteiger partial charge < -0.3 is 10.3 Å². The van der Waals surface area contributed by atoms with Crippen LogP contribution in [-0.4, -0.2) is 16.7 Å². The summed E-state index contributed by atoms with van der Waals surface area (Å²) in [5.41, 5.74) is 5.24. The third-order valence-electron chi connectivity index (χ3n) is 5.74. The number of benzene rings is 2. The highest BCUT2D eigenvalue weighted by Gasteiger charge is 2.29. The van der Waals surface area contributed by atoms with Gasteiger partial charge in [-0.15, -0.1) is 0 Å². The zero-order chi connectivity index (χ0) is 21.4. The van der Waals surface area contributed by atoms with Crippen molar-refractivity contribution in [3.8, 4) is 0 Å². The molecule has 0 fully saturated rings. The predicted octanol–water partition coefficient (Wildman–Crippen LogP) is 4.47. The first-order valence-corrected chi connectivity index (χ1v) is 10.1. The molecule has 1 unspecified atom stereocenters. The van der Waals surface area contributed by atoms with E-state index in [4.69, 9.17) is 0 Å². The molecule has 1 heterocycles. The lowest BCUT2D eigenvalue weighted by Gasteiger charge is -2.24. The Morgan fingerprint density at radius 2 is 1.63 bits per heavy atom. The average molecular weight is 400 g/mol. The molecule has 0 radical (unpaired) electrons. The highest BCUT2D eigenvalue weighted by Crippen LogP contribution is 2.31. The molecule has 0 spiro atoms.